The Hall–Kier alpha value is -0.770. The second kappa shape index (κ2) is 3.09. The van der Waals surface area contributed by atoms with Crippen molar-refractivity contribution in [2.24, 2.45) is 0 Å². The number of thiol groups is 1. The molecule has 1 rings (SSSR count). The highest BCUT2D eigenvalue weighted by molar-refractivity contribution is 7.80. The van der Waals surface area contributed by atoms with Gasteiger partial charge < -0.3 is 0 Å². The van der Waals surface area contributed by atoms with Crippen molar-refractivity contribution in [1.82, 2.24) is 4.90 Å². The monoisotopic (exact) mass is 171 g/mol. The number of rotatable bonds is 2. The molecule has 3 nitrogen and oxygen atoms in total. The molecule has 0 saturated carbocycles. The molecule has 0 aromatic carbocycles. The Morgan fingerprint density at radius 3 is 2.27 bits per heavy atom. The van der Waals surface area contributed by atoms with E-state index in [1.165, 1.54) is 12.2 Å². The fourth-order valence-corrected chi connectivity index (χ4v) is 1.12. The second-order valence-corrected chi connectivity index (χ2v) is 2.86. The van der Waals surface area contributed by atoms with Crippen molar-refractivity contribution in [3.05, 3.63) is 12.2 Å². The smallest absolute Gasteiger partial charge is 0.254 e. The van der Waals surface area contributed by atoms with E-state index in [0.717, 1.165) is 4.90 Å². The summed E-state index contributed by atoms with van der Waals surface area (Å²) in [6.07, 6.45) is 3.20. The van der Waals surface area contributed by atoms with Gasteiger partial charge in [0.05, 0.1) is 5.37 Å². The van der Waals surface area contributed by atoms with Crippen LogP contribution in [0.25, 0.3) is 0 Å². The molecule has 11 heavy (non-hydrogen) atoms. The van der Waals surface area contributed by atoms with E-state index in [-0.39, 0.29) is 17.2 Å². The van der Waals surface area contributed by atoms with Crippen LogP contribution in [0, 0.1) is 0 Å². The van der Waals surface area contributed by atoms with Crippen LogP contribution in [-0.2, 0) is 9.59 Å². The van der Waals surface area contributed by atoms with Crippen LogP contribution in [0.15, 0.2) is 12.2 Å². The lowest BCUT2D eigenvalue weighted by Crippen LogP contribution is -2.36. The highest BCUT2D eigenvalue weighted by Crippen LogP contribution is 2.13. The van der Waals surface area contributed by atoms with Gasteiger partial charge in [-0.25, -0.2) is 0 Å². The molecule has 0 saturated heterocycles. The van der Waals surface area contributed by atoms with Gasteiger partial charge in [0, 0.05) is 12.2 Å². The summed E-state index contributed by atoms with van der Waals surface area (Å²) < 4.78 is 0. The van der Waals surface area contributed by atoms with E-state index in [4.69, 9.17) is 0 Å². The largest absolute Gasteiger partial charge is 0.269 e. The van der Waals surface area contributed by atoms with Crippen molar-refractivity contribution < 1.29 is 9.59 Å². The van der Waals surface area contributed by atoms with Crippen LogP contribution in [0.4, 0.5) is 0 Å². The Bertz CT molecular complexity index is 206. The molecule has 1 aliphatic heterocycles. The first-order valence-corrected chi connectivity index (χ1v) is 3.91. The van der Waals surface area contributed by atoms with Crippen LogP contribution in [0.1, 0.15) is 13.3 Å². The minimum atomic E-state index is -0.287. The van der Waals surface area contributed by atoms with Gasteiger partial charge in [0.15, 0.2) is 0 Å². The van der Waals surface area contributed by atoms with Gasteiger partial charge in [-0.2, -0.15) is 12.6 Å². The number of hydrogen-bond acceptors (Lipinski definition) is 3. The van der Waals surface area contributed by atoms with E-state index < -0.39 is 0 Å². The Balaban J connectivity index is 2.73. The van der Waals surface area contributed by atoms with Crippen LogP contribution in [-0.4, -0.2) is 22.1 Å². The van der Waals surface area contributed by atoms with Crippen molar-refractivity contribution >= 4 is 24.4 Å². The van der Waals surface area contributed by atoms with Crippen molar-refractivity contribution in [2.45, 2.75) is 18.7 Å². The summed E-state index contributed by atoms with van der Waals surface area (Å²) >= 11 is 4.09. The van der Waals surface area contributed by atoms with E-state index in [1.807, 2.05) is 6.92 Å². The van der Waals surface area contributed by atoms with Crippen LogP contribution in [0.5, 0.6) is 0 Å². The predicted molar refractivity (Wildman–Crippen MR) is 44.1 cm³/mol. The normalized spacial score (nSPS) is 19.6. The Morgan fingerprint density at radius 2 is 1.91 bits per heavy atom. The van der Waals surface area contributed by atoms with Crippen LogP contribution in [0.3, 0.4) is 0 Å². The zero-order chi connectivity index (χ0) is 8.43. The molecule has 0 fully saturated rings. The SMILES string of the molecule is CCC(S)N1C(=O)C=CC1=O. The Kier molecular flexibility index (Phi) is 2.34. The molecule has 60 valence electrons. The zero-order valence-corrected chi connectivity index (χ0v) is 7.04. The van der Waals surface area contributed by atoms with Crippen molar-refractivity contribution in [3.8, 4) is 0 Å². The number of imide groups is 1. The van der Waals surface area contributed by atoms with Gasteiger partial charge >= 0.3 is 0 Å². The first kappa shape index (κ1) is 8.33. The van der Waals surface area contributed by atoms with E-state index in [9.17, 15) is 9.59 Å². The standard InChI is InChI=1S/C7H9NO2S/c1-2-7(11)8-5(9)3-4-6(8)10/h3-4,7,11H,2H2,1H3. The van der Waals surface area contributed by atoms with Gasteiger partial charge in [0.1, 0.15) is 0 Å². The number of amides is 2. The number of carbonyl (C=O) groups excluding carboxylic acids is 2. The average Bonchev–Trinajstić information content (AvgIpc) is 2.30. The molecule has 1 atom stereocenters. The molecule has 0 aliphatic carbocycles. The predicted octanol–water partition coefficient (Wildman–Crippen LogP) is 0.577. The molecule has 0 aromatic heterocycles. The van der Waals surface area contributed by atoms with Crippen LogP contribution in [0.2, 0.25) is 0 Å². The maximum atomic E-state index is 11.0. The molecule has 0 bridgehead atoms. The minimum Gasteiger partial charge on any atom is -0.269 e. The van der Waals surface area contributed by atoms with Crippen LogP contribution < -0.4 is 0 Å². The van der Waals surface area contributed by atoms with E-state index in [0.29, 0.717) is 6.42 Å². The lowest BCUT2D eigenvalue weighted by atomic mass is 10.4. The molecule has 1 aliphatic rings. The topological polar surface area (TPSA) is 37.4 Å². The molecule has 0 aromatic rings. The number of carbonyl (C=O) groups is 2. The zero-order valence-electron chi connectivity index (χ0n) is 6.15. The highest BCUT2D eigenvalue weighted by Gasteiger charge is 2.27. The number of hydrogen-bond donors (Lipinski definition) is 1. The van der Waals surface area contributed by atoms with Crippen LogP contribution >= 0.6 is 12.6 Å². The molecule has 0 spiro atoms. The minimum absolute atomic E-state index is 0.267. The summed E-state index contributed by atoms with van der Waals surface area (Å²) in [5, 5.41) is -0.287. The first-order chi connectivity index (χ1) is 5.16. The van der Waals surface area contributed by atoms with Gasteiger partial charge in [-0.1, -0.05) is 6.92 Å². The van der Waals surface area contributed by atoms with Crippen molar-refractivity contribution in [2.75, 3.05) is 0 Å². The third-order valence-corrected chi connectivity index (χ3v) is 2.10. The van der Waals surface area contributed by atoms with Gasteiger partial charge in [0.25, 0.3) is 11.8 Å². The average molecular weight is 171 g/mol. The lowest BCUT2D eigenvalue weighted by molar-refractivity contribution is -0.137. The summed E-state index contributed by atoms with van der Waals surface area (Å²) in [6.45, 7) is 1.87. The van der Waals surface area contributed by atoms with E-state index in [2.05, 4.69) is 12.6 Å². The van der Waals surface area contributed by atoms with Gasteiger partial charge in [-0.15, -0.1) is 0 Å². The third-order valence-electron chi connectivity index (χ3n) is 1.51. The van der Waals surface area contributed by atoms with Gasteiger partial charge in [0.2, 0.25) is 0 Å². The van der Waals surface area contributed by atoms with E-state index >= 15 is 0 Å². The summed E-state index contributed by atoms with van der Waals surface area (Å²) in [7, 11) is 0. The molecular formula is C7H9NO2S. The highest BCUT2D eigenvalue weighted by atomic mass is 32.1. The van der Waals surface area contributed by atoms with Crippen molar-refractivity contribution in [3.63, 3.8) is 0 Å². The molecular weight excluding hydrogens is 162 g/mol. The number of nitrogens with zero attached hydrogens (tertiary/aromatic N) is 1. The maximum absolute atomic E-state index is 11.0. The van der Waals surface area contributed by atoms with Crippen molar-refractivity contribution in [1.29, 1.82) is 0 Å². The summed E-state index contributed by atoms with van der Waals surface area (Å²) in [5.41, 5.74) is 0. The summed E-state index contributed by atoms with van der Waals surface area (Å²) in [5.74, 6) is -0.534. The fourth-order valence-electron chi connectivity index (χ4n) is 0.888. The molecule has 1 unspecified atom stereocenters. The molecule has 2 amide bonds. The summed E-state index contributed by atoms with van der Waals surface area (Å²) in [6, 6.07) is 0. The Labute approximate surface area is 70.5 Å². The lowest BCUT2D eigenvalue weighted by Gasteiger charge is -2.19. The third kappa shape index (κ3) is 1.45. The van der Waals surface area contributed by atoms with E-state index in [1.54, 1.807) is 0 Å². The summed E-state index contributed by atoms with van der Waals surface area (Å²) in [4.78, 5) is 23.1. The maximum Gasteiger partial charge on any atom is 0.254 e. The molecule has 0 N–H and O–H groups in total. The fraction of sp³-hybridized carbons (Fsp3) is 0.429. The first-order valence-electron chi connectivity index (χ1n) is 3.40. The van der Waals surface area contributed by atoms with Gasteiger partial charge in [-0.3, -0.25) is 14.5 Å². The molecule has 4 heteroatoms. The molecule has 0 radical (unpaired) electrons. The molecule has 1 heterocycles. The Morgan fingerprint density at radius 1 is 1.45 bits per heavy atom. The van der Waals surface area contributed by atoms with Gasteiger partial charge in [-0.05, 0) is 6.42 Å². The quantitative estimate of drug-likeness (QED) is 0.487. The second-order valence-electron chi connectivity index (χ2n) is 2.27.